The number of nitrogens with one attached hydrogen (secondary N) is 2. The second kappa shape index (κ2) is 11.9. The van der Waals surface area contributed by atoms with Crippen molar-refractivity contribution in [2.45, 2.75) is 39.4 Å². The molecule has 0 radical (unpaired) electrons. The van der Waals surface area contributed by atoms with E-state index in [1.807, 2.05) is 19.0 Å². The first-order valence-corrected chi connectivity index (χ1v) is 9.86. The van der Waals surface area contributed by atoms with Crippen molar-refractivity contribution in [2.24, 2.45) is 4.99 Å². The maximum Gasteiger partial charge on any atom is 0.191 e. The van der Waals surface area contributed by atoms with Crippen LogP contribution in [0.25, 0.3) is 0 Å². The quantitative estimate of drug-likeness (QED) is 0.342. The molecule has 26 heavy (non-hydrogen) atoms. The molecule has 2 heterocycles. The fourth-order valence-corrected chi connectivity index (χ4v) is 3.58. The number of hydrogen-bond donors (Lipinski definition) is 2. The Bertz CT molecular complexity index is 553. The Morgan fingerprint density at radius 2 is 2.27 bits per heavy atom. The van der Waals surface area contributed by atoms with Gasteiger partial charge in [-0.05, 0) is 20.8 Å². The van der Waals surface area contributed by atoms with Gasteiger partial charge in [0.2, 0.25) is 0 Å². The van der Waals surface area contributed by atoms with Gasteiger partial charge < -0.3 is 20.3 Å². The standard InChI is InChI=1S/C17H32N6OS.HI/c1-6-18-16(20-10-15-12-25-17(21-15)22(4)5)19-9-13(2)23-7-8-24-11-14(23)3;/h12-14H,6-11H2,1-5H3,(H2,18,19,20);1H. The highest BCUT2D eigenvalue weighted by atomic mass is 127. The highest BCUT2D eigenvalue weighted by Crippen LogP contribution is 2.18. The Labute approximate surface area is 178 Å². The predicted octanol–water partition coefficient (Wildman–Crippen LogP) is 1.99. The number of ether oxygens (including phenoxy) is 1. The summed E-state index contributed by atoms with van der Waals surface area (Å²) in [7, 11) is 4.01. The van der Waals surface area contributed by atoms with Crippen LogP contribution in [0.2, 0.25) is 0 Å². The lowest BCUT2D eigenvalue weighted by molar-refractivity contribution is -0.0174. The average Bonchev–Trinajstić information content (AvgIpc) is 3.07. The van der Waals surface area contributed by atoms with E-state index in [1.165, 1.54) is 0 Å². The van der Waals surface area contributed by atoms with Gasteiger partial charge in [0.15, 0.2) is 11.1 Å². The lowest BCUT2D eigenvalue weighted by atomic mass is 10.2. The monoisotopic (exact) mass is 496 g/mol. The van der Waals surface area contributed by atoms with Gasteiger partial charge in [-0.15, -0.1) is 35.3 Å². The molecular weight excluding hydrogens is 463 g/mol. The fraction of sp³-hybridized carbons (Fsp3) is 0.765. The minimum atomic E-state index is 0. The van der Waals surface area contributed by atoms with Crippen molar-refractivity contribution < 1.29 is 4.74 Å². The number of aliphatic imine (C=N–C) groups is 1. The Hall–Kier alpha value is -0.650. The maximum absolute atomic E-state index is 5.53. The number of nitrogens with zero attached hydrogens (tertiary/aromatic N) is 4. The molecule has 1 fully saturated rings. The zero-order valence-electron chi connectivity index (χ0n) is 16.5. The van der Waals surface area contributed by atoms with Crippen molar-refractivity contribution >= 4 is 46.4 Å². The van der Waals surface area contributed by atoms with Gasteiger partial charge in [0.05, 0.1) is 25.5 Å². The van der Waals surface area contributed by atoms with Gasteiger partial charge in [-0.3, -0.25) is 4.90 Å². The number of aromatic nitrogens is 1. The molecule has 2 atom stereocenters. The van der Waals surface area contributed by atoms with Crippen LogP contribution in [0, 0.1) is 0 Å². The highest BCUT2D eigenvalue weighted by Gasteiger charge is 2.23. The average molecular weight is 496 g/mol. The fourth-order valence-electron chi connectivity index (χ4n) is 2.83. The molecule has 150 valence electrons. The van der Waals surface area contributed by atoms with Gasteiger partial charge in [-0.25, -0.2) is 9.98 Å². The minimum absolute atomic E-state index is 0. The van der Waals surface area contributed by atoms with Crippen LogP contribution >= 0.6 is 35.3 Å². The first kappa shape index (κ1) is 23.4. The summed E-state index contributed by atoms with van der Waals surface area (Å²) < 4.78 is 5.53. The second-order valence-electron chi connectivity index (χ2n) is 6.60. The third-order valence-corrected chi connectivity index (χ3v) is 5.27. The predicted molar refractivity (Wildman–Crippen MR) is 121 cm³/mol. The largest absolute Gasteiger partial charge is 0.379 e. The van der Waals surface area contributed by atoms with Crippen molar-refractivity contribution in [3.8, 4) is 0 Å². The summed E-state index contributed by atoms with van der Waals surface area (Å²) in [5.41, 5.74) is 1.00. The summed E-state index contributed by atoms with van der Waals surface area (Å²) in [6.07, 6.45) is 0. The van der Waals surface area contributed by atoms with E-state index in [0.717, 1.165) is 49.6 Å². The minimum Gasteiger partial charge on any atom is -0.379 e. The summed E-state index contributed by atoms with van der Waals surface area (Å²) >= 11 is 1.65. The van der Waals surface area contributed by atoms with Crippen LogP contribution in [0.5, 0.6) is 0 Å². The molecule has 0 aromatic carbocycles. The zero-order valence-corrected chi connectivity index (χ0v) is 19.6. The second-order valence-corrected chi connectivity index (χ2v) is 7.44. The van der Waals surface area contributed by atoms with Gasteiger partial charge in [-0.1, -0.05) is 0 Å². The van der Waals surface area contributed by atoms with Crippen LogP contribution in [0.4, 0.5) is 5.13 Å². The molecule has 0 saturated carbocycles. The number of rotatable bonds is 7. The number of halogens is 1. The molecule has 1 aliphatic heterocycles. The molecule has 1 aliphatic rings. The van der Waals surface area contributed by atoms with E-state index < -0.39 is 0 Å². The van der Waals surface area contributed by atoms with E-state index in [4.69, 9.17) is 4.74 Å². The molecule has 0 bridgehead atoms. The summed E-state index contributed by atoms with van der Waals surface area (Å²) in [6, 6.07) is 0.895. The Balaban J connectivity index is 0.00000338. The summed E-state index contributed by atoms with van der Waals surface area (Å²) in [6.45, 7) is 11.5. The Morgan fingerprint density at radius 3 is 2.88 bits per heavy atom. The molecule has 2 unspecified atom stereocenters. The van der Waals surface area contributed by atoms with E-state index in [2.05, 4.69) is 51.7 Å². The maximum atomic E-state index is 5.53. The number of guanidine groups is 1. The Kier molecular flexibility index (Phi) is 10.7. The van der Waals surface area contributed by atoms with Crippen molar-refractivity contribution in [1.29, 1.82) is 0 Å². The van der Waals surface area contributed by atoms with Gasteiger partial charge >= 0.3 is 0 Å². The van der Waals surface area contributed by atoms with Crippen LogP contribution in [0.3, 0.4) is 0 Å². The topological polar surface area (TPSA) is 65.0 Å². The molecule has 2 rings (SSSR count). The number of hydrogen-bond acceptors (Lipinski definition) is 6. The van der Waals surface area contributed by atoms with Gasteiger partial charge in [-0.2, -0.15) is 0 Å². The lowest BCUT2D eigenvalue weighted by Crippen LogP contribution is -2.53. The van der Waals surface area contributed by atoms with Crippen LogP contribution in [-0.2, 0) is 11.3 Å². The number of thiazole rings is 1. The Morgan fingerprint density at radius 1 is 1.50 bits per heavy atom. The van der Waals surface area contributed by atoms with Crippen LogP contribution in [0.15, 0.2) is 10.4 Å². The van der Waals surface area contributed by atoms with E-state index >= 15 is 0 Å². The molecule has 1 aromatic heterocycles. The zero-order chi connectivity index (χ0) is 18.2. The SMILES string of the molecule is CCNC(=NCc1csc(N(C)C)n1)NCC(C)N1CCOCC1C.I. The molecule has 0 aliphatic carbocycles. The summed E-state index contributed by atoms with van der Waals surface area (Å²) in [4.78, 5) is 13.8. The van der Waals surface area contributed by atoms with Gasteiger partial charge in [0.25, 0.3) is 0 Å². The third kappa shape index (κ3) is 7.16. The summed E-state index contributed by atoms with van der Waals surface area (Å²) in [5.74, 6) is 0.842. The van der Waals surface area contributed by atoms with Crippen molar-refractivity contribution in [2.75, 3.05) is 51.8 Å². The number of anilines is 1. The molecule has 1 aromatic rings. The number of morpholine rings is 1. The lowest BCUT2D eigenvalue weighted by Gasteiger charge is -2.38. The normalized spacial score (nSPS) is 19.6. The first-order valence-electron chi connectivity index (χ1n) is 8.98. The van der Waals surface area contributed by atoms with Gasteiger partial charge in [0, 0.05) is 51.2 Å². The highest BCUT2D eigenvalue weighted by molar-refractivity contribution is 14.0. The van der Waals surface area contributed by atoms with E-state index in [0.29, 0.717) is 18.6 Å². The summed E-state index contributed by atoms with van der Waals surface area (Å²) in [5, 5.41) is 9.85. The molecule has 0 amide bonds. The van der Waals surface area contributed by atoms with Crippen LogP contribution in [-0.4, -0.2) is 74.9 Å². The van der Waals surface area contributed by atoms with E-state index in [-0.39, 0.29) is 24.0 Å². The van der Waals surface area contributed by atoms with Crippen molar-refractivity contribution in [3.63, 3.8) is 0 Å². The molecule has 0 spiro atoms. The van der Waals surface area contributed by atoms with Gasteiger partial charge in [0.1, 0.15) is 0 Å². The molecule has 7 nitrogen and oxygen atoms in total. The molecule has 1 saturated heterocycles. The van der Waals surface area contributed by atoms with Crippen LogP contribution in [0.1, 0.15) is 26.5 Å². The van der Waals surface area contributed by atoms with E-state index in [9.17, 15) is 0 Å². The van der Waals surface area contributed by atoms with Crippen molar-refractivity contribution in [1.82, 2.24) is 20.5 Å². The molecular formula is C17H33IN6OS. The molecule has 2 N–H and O–H groups in total. The van der Waals surface area contributed by atoms with Crippen molar-refractivity contribution in [3.05, 3.63) is 11.1 Å². The third-order valence-electron chi connectivity index (χ3n) is 4.22. The molecule has 9 heteroatoms. The first-order chi connectivity index (χ1) is 12.0. The van der Waals surface area contributed by atoms with E-state index in [1.54, 1.807) is 11.3 Å². The van der Waals surface area contributed by atoms with Crippen LogP contribution < -0.4 is 15.5 Å². The smallest absolute Gasteiger partial charge is 0.191 e.